The number of methoxy groups -OCH3 is 1. The molecule has 0 aliphatic carbocycles. The van der Waals surface area contributed by atoms with E-state index in [1.165, 1.54) is 13.2 Å². The fourth-order valence-corrected chi connectivity index (χ4v) is 3.55. The van der Waals surface area contributed by atoms with Crippen molar-refractivity contribution >= 4 is 41.2 Å². The second-order valence-corrected chi connectivity index (χ2v) is 7.76. The highest BCUT2D eigenvalue weighted by atomic mass is 35.5. The first-order valence-corrected chi connectivity index (χ1v) is 11.0. The van der Waals surface area contributed by atoms with Crippen LogP contribution in [0, 0.1) is 0 Å². The van der Waals surface area contributed by atoms with Crippen molar-refractivity contribution in [3.05, 3.63) is 89.0 Å². The highest BCUT2D eigenvalue weighted by molar-refractivity contribution is 6.39. The van der Waals surface area contributed by atoms with Gasteiger partial charge in [-0.1, -0.05) is 35.9 Å². The number of benzene rings is 3. The molecule has 3 aromatic carbocycles. The molecule has 0 spiro atoms. The zero-order valence-corrected chi connectivity index (χ0v) is 19.5. The quantitative estimate of drug-likeness (QED) is 0.283. The first-order chi connectivity index (χ1) is 17.0. The molecule has 35 heavy (non-hydrogen) atoms. The van der Waals surface area contributed by atoms with Crippen LogP contribution in [0.5, 0.6) is 17.2 Å². The smallest absolute Gasteiger partial charge is 0.335 e. The Morgan fingerprint density at radius 3 is 2.37 bits per heavy atom. The molecule has 3 aromatic rings. The summed E-state index contributed by atoms with van der Waals surface area (Å²) in [4.78, 5) is 38.7. The summed E-state index contributed by atoms with van der Waals surface area (Å²) in [6.45, 7) is 0.527. The lowest BCUT2D eigenvalue weighted by Gasteiger charge is -2.26. The number of urea groups is 1. The van der Waals surface area contributed by atoms with Gasteiger partial charge in [0, 0.05) is 0 Å². The van der Waals surface area contributed by atoms with Crippen molar-refractivity contribution in [2.24, 2.45) is 0 Å². The van der Waals surface area contributed by atoms with Gasteiger partial charge in [-0.25, -0.2) is 9.69 Å². The number of rotatable bonds is 8. The molecule has 1 fully saturated rings. The van der Waals surface area contributed by atoms with Crippen LogP contribution in [-0.4, -0.2) is 38.2 Å². The number of nitrogens with one attached hydrogen (secondary N) is 1. The predicted molar refractivity (Wildman–Crippen MR) is 131 cm³/mol. The van der Waals surface area contributed by atoms with Gasteiger partial charge in [0.2, 0.25) is 0 Å². The number of imide groups is 2. The molecule has 1 saturated heterocycles. The Morgan fingerprint density at radius 1 is 0.886 bits per heavy atom. The number of para-hydroxylation sites is 1. The topological polar surface area (TPSA) is 94.2 Å². The van der Waals surface area contributed by atoms with E-state index in [4.69, 9.17) is 25.8 Å². The summed E-state index contributed by atoms with van der Waals surface area (Å²) < 4.78 is 16.4. The van der Waals surface area contributed by atoms with E-state index in [0.29, 0.717) is 33.5 Å². The van der Waals surface area contributed by atoms with Crippen LogP contribution in [0.25, 0.3) is 6.08 Å². The highest BCUT2D eigenvalue weighted by Gasteiger charge is 2.36. The van der Waals surface area contributed by atoms with E-state index in [-0.39, 0.29) is 18.8 Å². The fourth-order valence-electron chi connectivity index (χ4n) is 3.36. The number of carbonyl (C=O) groups excluding carboxylic acids is 3. The lowest BCUT2D eigenvalue weighted by molar-refractivity contribution is -0.122. The number of carbonyl (C=O) groups is 3. The first-order valence-electron chi connectivity index (χ1n) is 10.6. The molecule has 1 heterocycles. The minimum atomic E-state index is -0.821. The maximum atomic E-state index is 13.0. The van der Waals surface area contributed by atoms with Gasteiger partial charge in [-0.15, -0.1) is 0 Å². The van der Waals surface area contributed by atoms with Crippen molar-refractivity contribution in [3.8, 4) is 17.2 Å². The minimum Gasteiger partial charge on any atom is -0.497 e. The standard InChI is InChI=1S/C26H21ClN2O6/c1-33-19-11-9-18(10-12-19)29-25(31)21(24(30)28-26(29)32)16-17-5-4-6-20(15-17)34-13-14-35-23-8-3-2-7-22(23)27/h2-12,15-16H,13-14H2,1H3,(H,28,30,32)/b21-16-. The van der Waals surface area contributed by atoms with Crippen LogP contribution in [-0.2, 0) is 9.59 Å². The lowest BCUT2D eigenvalue weighted by Crippen LogP contribution is -2.54. The lowest BCUT2D eigenvalue weighted by atomic mass is 10.1. The zero-order chi connectivity index (χ0) is 24.8. The van der Waals surface area contributed by atoms with E-state index in [2.05, 4.69) is 5.32 Å². The third-order valence-corrected chi connectivity index (χ3v) is 5.36. The maximum Gasteiger partial charge on any atom is 0.335 e. The van der Waals surface area contributed by atoms with Crippen LogP contribution in [0.15, 0.2) is 78.4 Å². The molecule has 1 aliphatic rings. The minimum absolute atomic E-state index is 0.181. The predicted octanol–water partition coefficient (Wildman–Crippen LogP) is 4.47. The van der Waals surface area contributed by atoms with Gasteiger partial charge in [-0.3, -0.25) is 14.9 Å². The average Bonchev–Trinajstić information content (AvgIpc) is 2.86. The number of ether oxygens (including phenoxy) is 3. The Morgan fingerprint density at radius 2 is 1.63 bits per heavy atom. The molecular weight excluding hydrogens is 472 g/mol. The Kier molecular flexibility index (Phi) is 7.32. The summed E-state index contributed by atoms with van der Waals surface area (Å²) >= 11 is 6.07. The van der Waals surface area contributed by atoms with Crippen molar-refractivity contribution in [1.82, 2.24) is 5.32 Å². The van der Waals surface area contributed by atoms with Crippen LogP contribution in [0.4, 0.5) is 10.5 Å². The van der Waals surface area contributed by atoms with Crippen molar-refractivity contribution in [2.45, 2.75) is 0 Å². The number of anilines is 1. The summed E-state index contributed by atoms with van der Waals surface area (Å²) in [6, 6.07) is 19.5. The molecule has 9 heteroatoms. The third-order valence-electron chi connectivity index (χ3n) is 5.05. The fraction of sp³-hybridized carbons (Fsp3) is 0.115. The Hall–Kier alpha value is -4.30. The van der Waals surface area contributed by atoms with E-state index in [9.17, 15) is 14.4 Å². The number of amides is 4. The number of barbiturate groups is 1. The molecule has 4 rings (SSSR count). The van der Waals surface area contributed by atoms with Crippen molar-refractivity contribution in [1.29, 1.82) is 0 Å². The summed E-state index contributed by atoms with van der Waals surface area (Å²) in [5.41, 5.74) is 0.680. The SMILES string of the molecule is COc1ccc(N2C(=O)NC(=O)/C(=C/c3cccc(OCCOc4ccccc4Cl)c3)C2=O)cc1. The molecule has 0 saturated carbocycles. The van der Waals surface area contributed by atoms with Gasteiger partial charge in [0.1, 0.15) is 36.0 Å². The molecule has 0 bridgehead atoms. The van der Waals surface area contributed by atoms with E-state index < -0.39 is 17.8 Å². The van der Waals surface area contributed by atoms with E-state index in [1.807, 2.05) is 12.1 Å². The number of halogens is 1. The van der Waals surface area contributed by atoms with Crippen LogP contribution < -0.4 is 24.4 Å². The second kappa shape index (κ2) is 10.8. The summed E-state index contributed by atoms with van der Waals surface area (Å²) in [6.07, 6.45) is 1.41. The van der Waals surface area contributed by atoms with Crippen LogP contribution in [0.3, 0.4) is 0 Å². The normalized spacial score (nSPS) is 14.6. The molecule has 8 nitrogen and oxygen atoms in total. The molecule has 1 aliphatic heterocycles. The Labute approximate surface area is 206 Å². The van der Waals surface area contributed by atoms with Gasteiger partial charge in [0.15, 0.2) is 0 Å². The largest absolute Gasteiger partial charge is 0.497 e. The monoisotopic (exact) mass is 492 g/mol. The van der Waals surface area contributed by atoms with E-state index in [0.717, 1.165) is 4.90 Å². The van der Waals surface area contributed by atoms with Gasteiger partial charge in [0.25, 0.3) is 11.8 Å². The van der Waals surface area contributed by atoms with Crippen molar-refractivity contribution in [2.75, 3.05) is 25.2 Å². The molecule has 0 unspecified atom stereocenters. The Balaban J connectivity index is 1.46. The maximum absolute atomic E-state index is 13.0. The van der Waals surface area contributed by atoms with Crippen LogP contribution in [0.2, 0.25) is 5.02 Å². The molecule has 1 N–H and O–H groups in total. The molecule has 0 aromatic heterocycles. The third kappa shape index (κ3) is 5.62. The molecule has 178 valence electrons. The van der Waals surface area contributed by atoms with E-state index >= 15 is 0 Å². The second-order valence-electron chi connectivity index (χ2n) is 7.36. The Bertz CT molecular complexity index is 1290. The van der Waals surface area contributed by atoms with Gasteiger partial charge in [-0.2, -0.15) is 0 Å². The van der Waals surface area contributed by atoms with Crippen molar-refractivity contribution in [3.63, 3.8) is 0 Å². The zero-order valence-electron chi connectivity index (χ0n) is 18.7. The molecular formula is C26H21ClN2O6. The molecule has 0 atom stereocenters. The number of hydrogen-bond acceptors (Lipinski definition) is 6. The molecule has 0 radical (unpaired) electrons. The van der Waals surface area contributed by atoms with Gasteiger partial charge >= 0.3 is 6.03 Å². The first kappa shape index (κ1) is 23.8. The number of nitrogens with zero attached hydrogens (tertiary/aromatic N) is 1. The van der Waals surface area contributed by atoms with Crippen LogP contribution >= 0.6 is 11.6 Å². The van der Waals surface area contributed by atoms with Crippen LogP contribution in [0.1, 0.15) is 5.56 Å². The summed E-state index contributed by atoms with van der Waals surface area (Å²) in [5, 5.41) is 2.72. The van der Waals surface area contributed by atoms with Crippen molar-refractivity contribution < 1.29 is 28.6 Å². The average molecular weight is 493 g/mol. The molecule has 4 amide bonds. The van der Waals surface area contributed by atoms with Gasteiger partial charge < -0.3 is 14.2 Å². The van der Waals surface area contributed by atoms with E-state index in [1.54, 1.807) is 60.7 Å². The van der Waals surface area contributed by atoms with Gasteiger partial charge in [0.05, 0.1) is 17.8 Å². The summed E-state index contributed by atoms with van der Waals surface area (Å²) in [7, 11) is 1.51. The summed E-state index contributed by atoms with van der Waals surface area (Å²) in [5.74, 6) is 0.148. The number of hydrogen-bond donors (Lipinski definition) is 1. The highest BCUT2D eigenvalue weighted by Crippen LogP contribution is 2.25. The van der Waals surface area contributed by atoms with Gasteiger partial charge in [-0.05, 0) is 60.2 Å².